The van der Waals surface area contributed by atoms with Gasteiger partial charge in [0, 0.05) is 14.2 Å². The maximum Gasteiger partial charge on any atom is 0.176 e. The van der Waals surface area contributed by atoms with Crippen molar-refractivity contribution in [3.63, 3.8) is 0 Å². The molecule has 0 atom stereocenters. The van der Waals surface area contributed by atoms with Crippen LogP contribution in [-0.4, -0.2) is 20.5 Å². The smallest absolute Gasteiger partial charge is 0.176 e. The van der Waals surface area contributed by atoms with Gasteiger partial charge >= 0.3 is 0 Å². The van der Waals surface area contributed by atoms with Gasteiger partial charge in [0.25, 0.3) is 0 Å². The highest BCUT2D eigenvalue weighted by Gasteiger charge is 1.94. The van der Waals surface area contributed by atoms with Gasteiger partial charge in [-0.05, 0) is 18.9 Å². The van der Waals surface area contributed by atoms with Gasteiger partial charge in [-0.3, -0.25) is 0 Å². The zero-order valence-electron chi connectivity index (χ0n) is 9.27. The Balaban J connectivity index is 3.63. The molecule has 0 aliphatic rings. The van der Waals surface area contributed by atoms with Crippen molar-refractivity contribution in [3.05, 3.63) is 36.5 Å². The Kier molecular flexibility index (Phi) is 9.59. The molecule has 2 heteroatoms. The lowest BCUT2D eigenvalue weighted by Crippen LogP contribution is -2.08. The monoisotopic (exact) mass is 196 g/mol. The van der Waals surface area contributed by atoms with Crippen LogP contribution in [0, 0.1) is 0 Å². The molecule has 0 bridgehead atoms. The summed E-state index contributed by atoms with van der Waals surface area (Å²) in [6, 6.07) is 0. The third-order valence-corrected chi connectivity index (χ3v) is 1.65. The van der Waals surface area contributed by atoms with E-state index in [1.165, 1.54) is 0 Å². The molecule has 0 spiro atoms. The van der Waals surface area contributed by atoms with Crippen molar-refractivity contribution >= 4 is 0 Å². The normalized spacial score (nSPS) is 12.9. The molecule has 0 radical (unpaired) electrons. The van der Waals surface area contributed by atoms with E-state index in [0.717, 1.165) is 12.8 Å². The van der Waals surface area contributed by atoms with E-state index < -0.39 is 0 Å². The standard InChI is InChI=1S/C12H20O2/c1-4-5-6-7-8-9-10-11-12(13-2)14-3/h5-6,8-12H,4,7H2,1-3H3/b6-5-,9-8+,11-10+. The predicted octanol–water partition coefficient (Wildman–Crippen LogP) is 3.07. The second kappa shape index (κ2) is 10.2. The molecule has 0 saturated carbocycles. The van der Waals surface area contributed by atoms with E-state index in [1.54, 1.807) is 14.2 Å². The van der Waals surface area contributed by atoms with Crippen molar-refractivity contribution in [2.45, 2.75) is 26.1 Å². The van der Waals surface area contributed by atoms with E-state index in [0.29, 0.717) is 0 Å². The number of hydrogen-bond acceptors (Lipinski definition) is 2. The summed E-state index contributed by atoms with van der Waals surface area (Å²) in [5.74, 6) is 0. The minimum atomic E-state index is -0.245. The molecule has 0 rings (SSSR count). The number of methoxy groups -OCH3 is 2. The summed E-state index contributed by atoms with van der Waals surface area (Å²) < 4.78 is 9.98. The number of allylic oxidation sites excluding steroid dienone is 5. The van der Waals surface area contributed by atoms with Gasteiger partial charge in [0.1, 0.15) is 0 Å². The molecule has 80 valence electrons. The van der Waals surface area contributed by atoms with Crippen molar-refractivity contribution in [1.29, 1.82) is 0 Å². The number of ether oxygens (including phenoxy) is 2. The molecule has 0 heterocycles. The summed E-state index contributed by atoms with van der Waals surface area (Å²) in [6.07, 6.45) is 14.0. The maximum atomic E-state index is 4.99. The van der Waals surface area contributed by atoms with E-state index >= 15 is 0 Å². The fourth-order valence-corrected chi connectivity index (χ4v) is 0.907. The molecule has 14 heavy (non-hydrogen) atoms. The van der Waals surface area contributed by atoms with Crippen molar-refractivity contribution < 1.29 is 9.47 Å². The molecule has 0 aromatic rings. The van der Waals surface area contributed by atoms with Gasteiger partial charge in [0.15, 0.2) is 6.29 Å². The largest absolute Gasteiger partial charge is 0.352 e. The van der Waals surface area contributed by atoms with E-state index in [4.69, 9.17) is 9.47 Å². The fourth-order valence-electron chi connectivity index (χ4n) is 0.907. The number of rotatable bonds is 7. The average molecular weight is 196 g/mol. The van der Waals surface area contributed by atoms with Crippen LogP contribution in [0.15, 0.2) is 36.5 Å². The van der Waals surface area contributed by atoms with Gasteiger partial charge in [-0.2, -0.15) is 0 Å². The molecule has 2 nitrogen and oxygen atoms in total. The lowest BCUT2D eigenvalue weighted by Gasteiger charge is -2.06. The zero-order valence-corrected chi connectivity index (χ0v) is 9.27. The summed E-state index contributed by atoms with van der Waals surface area (Å²) in [4.78, 5) is 0. The van der Waals surface area contributed by atoms with Gasteiger partial charge in [0.05, 0.1) is 0 Å². The maximum absolute atomic E-state index is 4.99. The van der Waals surface area contributed by atoms with Crippen LogP contribution in [0.3, 0.4) is 0 Å². The lowest BCUT2D eigenvalue weighted by atomic mass is 10.3. The lowest BCUT2D eigenvalue weighted by molar-refractivity contribution is -0.0666. The Morgan fingerprint density at radius 2 is 1.71 bits per heavy atom. The van der Waals surface area contributed by atoms with Crippen LogP contribution in [-0.2, 0) is 9.47 Å². The molecule has 0 aliphatic heterocycles. The molecule has 0 fully saturated rings. The zero-order chi connectivity index (χ0) is 10.6. The summed E-state index contributed by atoms with van der Waals surface area (Å²) in [6.45, 7) is 2.13. The molecule has 0 aromatic heterocycles. The first-order valence-corrected chi connectivity index (χ1v) is 4.89. The molecular formula is C12H20O2. The molecule has 0 amide bonds. The number of hydrogen-bond donors (Lipinski definition) is 0. The van der Waals surface area contributed by atoms with Gasteiger partial charge in [-0.25, -0.2) is 0 Å². The highest BCUT2D eigenvalue weighted by Crippen LogP contribution is 1.94. The van der Waals surface area contributed by atoms with Gasteiger partial charge in [0.2, 0.25) is 0 Å². The average Bonchev–Trinajstić information content (AvgIpc) is 2.22. The molecule has 0 unspecified atom stereocenters. The van der Waals surface area contributed by atoms with Crippen LogP contribution in [0.2, 0.25) is 0 Å². The first kappa shape index (κ1) is 13.1. The third kappa shape index (κ3) is 7.77. The van der Waals surface area contributed by atoms with Gasteiger partial charge < -0.3 is 9.47 Å². The Hall–Kier alpha value is -0.860. The van der Waals surface area contributed by atoms with Crippen LogP contribution < -0.4 is 0 Å². The SMILES string of the molecule is CC/C=C\C/C=C/C=C/C(OC)OC. The topological polar surface area (TPSA) is 18.5 Å². The Labute approximate surface area is 86.9 Å². The molecular weight excluding hydrogens is 176 g/mol. The van der Waals surface area contributed by atoms with Crippen molar-refractivity contribution in [1.82, 2.24) is 0 Å². The predicted molar refractivity (Wildman–Crippen MR) is 60.1 cm³/mol. The van der Waals surface area contributed by atoms with Crippen LogP contribution in [0.25, 0.3) is 0 Å². The van der Waals surface area contributed by atoms with Crippen LogP contribution in [0.5, 0.6) is 0 Å². The third-order valence-electron chi connectivity index (χ3n) is 1.65. The molecule has 0 N–H and O–H groups in total. The highest BCUT2D eigenvalue weighted by molar-refractivity contribution is 5.05. The van der Waals surface area contributed by atoms with Gasteiger partial charge in [-0.1, -0.05) is 37.3 Å². The van der Waals surface area contributed by atoms with Crippen molar-refractivity contribution in [2.75, 3.05) is 14.2 Å². The van der Waals surface area contributed by atoms with Crippen molar-refractivity contribution in [2.24, 2.45) is 0 Å². The molecule has 0 aromatic carbocycles. The fraction of sp³-hybridized carbons (Fsp3) is 0.500. The first-order chi connectivity index (χ1) is 6.85. The quantitative estimate of drug-likeness (QED) is 0.354. The van der Waals surface area contributed by atoms with Crippen molar-refractivity contribution in [3.8, 4) is 0 Å². The van der Waals surface area contributed by atoms with Crippen LogP contribution in [0.4, 0.5) is 0 Å². The summed E-state index contributed by atoms with van der Waals surface area (Å²) in [7, 11) is 3.23. The Morgan fingerprint density at radius 3 is 2.29 bits per heavy atom. The second-order valence-electron chi connectivity index (χ2n) is 2.77. The minimum absolute atomic E-state index is 0.245. The Morgan fingerprint density at radius 1 is 1.00 bits per heavy atom. The van der Waals surface area contributed by atoms with E-state index in [-0.39, 0.29) is 6.29 Å². The highest BCUT2D eigenvalue weighted by atomic mass is 16.7. The minimum Gasteiger partial charge on any atom is -0.352 e. The van der Waals surface area contributed by atoms with Crippen LogP contribution >= 0.6 is 0 Å². The summed E-state index contributed by atoms with van der Waals surface area (Å²) >= 11 is 0. The molecule has 0 saturated heterocycles. The Bertz CT molecular complexity index is 188. The van der Waals surface area contributed by atoms with E-state index in [9.17, 15) is 0 Å². The van der Waals surface area contributed by atoms with E-state index in [2.05, 4.69) is 25.2 Å². The second-order valence-corrected chi connectivity index (χ2v) is 2.77. The summed E-state index contributed by atoms with van der Waals surface area (Å²) in [5, 5.41) is 0. The van der Waals surface area contributed by atoms with E-state index in [1.807, 2.05) is 18.2 Å². The summed E-state index contributed by atoms with van der Waals surface area (Å²) in [5.41, 5.74) is 0. The van der Waals surface area contributed by atoms with Gasteiger partial charge in [-0.15, -0.1) is 0 Å². The first-order valence-electron chi connectivity index (χ1n) is 4.89. The molecule has 0 aliphatic carbocycles. The van der Waals surface area contributed by atoms with Crippen LogP contribution in [0.1, 0.15) is 19.8 Å².